The van der Waals surface area contributed by atoms with Crippen LogP contribution < -0.4 is 16.6 Å². The lowest BCUT2D eigenvalue weighted by atomic mass is 9.32. The summed E-state index contributed by atoms with van der Waals surface area (Å²) in [6.45, 7) is 1.34. The lowest BCUT2D eigenvalue weighted by molar-refractivity contribution is -0.370. The summed E-state index contributed by atoms with van der Waals surface area (Å²) < 4.78 is 68.6. The van der Waals surface area contributed by atoms with E-state index in [0.29, 0.717) is 10.6 Å². The molecule has 0 saturated heterocycles. The van der Waals surface area contributed by atoms with Crippen molar-refractivity contribution in [1.29, 1.82) is 0 Å². The minimum Gasteiger partial charge on any atom is -0.346 e. The number of rotatable bonds is 5. The SMILES string of the molecule is C[C@@H](NC(=O)[C@@H](n1c(=O)[nH]c2cnccc2c1=O)C12CC(C(F)(F)F)(C1)C2)c1ncc(F)cc1F. The molecule has 184 valence electrons. The van der Waals surface area contributed by atoms with Crippen molar-refractivity contribution in [2.45, 2.75) is 44.4 Å². The molecule has 1 amide bonds. The normalized spacial score (nSPS) is 24.9. The van der Waals surface area contributed by atoms with Crippen LogP contribution in [0.4, 0.5) is 22.0 Å². The number of carbonyl (C=O) groups is 1. The molecule has 3 aliphatic carbocycles. The Hall–Kier alpha value is -3.64. The molecule has 0 unspecified atom stereocenters. The van der Waals surface area contributed by atoms with Crippen LogP contribution in [0.2, 0.25) is 0 Å². The number of halogens is 5. The van der Waals surface area contributed by atoms with Gasteiger partial charge in [0.1, 0.15) is 17.7 Å². The van der Waals surface area contributed by atoms with Gasteiger partial charge in [-0.05, 0) is 32.3 Å². The monoisotopic (exact) mass is 495 g/mol. The van der Waals surface area contributed by atoms with Crippen molar-refractivity contribution >= 4 is 16.8 Å². The molecule has 0 radical (unpaired) electrons. The second-order valence-corrected chi connectivity index (χ2v) is 9.35. The van der Waals surface area contributed by atoms with E-state index in [1.165, 1.54) is 25.4 Å². The Kier molecular flexibility index (Phi) is 4.91. The molecule has 0 aromatic carbocycles. The molecule has 3 fully saturated rings. The number of H-pyrrole nitrogens is 1. The summed E-state index contributed by atoms with van der Waals surface area (Å²) in [5.41, 5.74) is -5.30. The zero-order valence-corrected chi connectivity index (χ0v) is 18.1. The number of nitrogens with zero attached hydrogens (tertiary/aromatic N) is 3. The zero-order chi connectivity index (χ0) is 25.3. The number of fused-ring (bicyclic) bond motifs is 1. The highest BCUT2D eigenvalue weighted by molar-refractivity contribution is 5.83. The number of aromatic nitrogens is 4. The van der Waals surface area contributed by atoms with Gasteiger partial charge in [0.2, 0.25) is 5.91 Å². The molecule has 2 N–H and O–H groups in total. The fraction of sp³-hybridized carbons (Fsp3) is 0.409. The number of nitrogens with one attached hydrogen (secondary N) is 2. The average molecular weight is 495 g/mol. The van der Waals surface area contributed by atoms with E-state index in [9.17, 15) is 36.3 Å². The predicted octanol–water partition coefficient (Wildman–Crippen LogP) is 2.91. The molecule has 3 aromatic rings. The zero-order valence-electron chi connectivity index (χ0n) is 18.1. The van der Waals surface area contributed by atoms with Gasteiger partial charge in [-0.3, -0.25) is 19.6 Å². The molecular weight excluding hydrogens is 477 g/mol. The molecule has 2 bridgehead atoms. The molecule has 0 aliphatic heterocycles. The molecule has 3 aromatic heterocycles. The summed E-state index contributed by atoms with van der Waals surface area (Å²) in [6.07, 6.45) is -2.50. The summed E-state index contributed by atoms with van der Waals surface area (Å²) in [4.78, 5) is 49.4. The van der Waals surface area contributed by atoms with Gasteiger partial charge in [0, 0.05) is 17.7 Å². The number of alkyl halides is 3. The summed E-state index contributed by atoms with van der Waals surface area (Å²) in [7, 11) is 0. The van der Waals surface area contributed by atoms with E-state index in [4.69, 9.17) is 0 Å². The topological polar surface area (TPSA) is 110 Å². The van der Waals surface area contributed by atoms with E-state index >= 15 is 0 Å². The number of hydrogen-bond donors (Lipinski definition) is 2. The standard InChI is InChI=1S/C22H18F5N5O3/c1-10(15-13(24)4-11(23)5-29-15)30-17(33)16(20-7-21(8-20,9-20)22(25,26)27)32-18(34)12-2-3-28-6-14(12)31-19(32)35/h2-6,10,16H,7-9H2,1H3,(H,30,33)(H,31,35)/t10-,16-,20?,21?/m1/s1. The third kappa shape index (κ3) is 3.35. The number of amides is 1. The van der Waals surface area contributed by atoms with Crippen LogP contribution in [-0.4, -0.2) is 31.6 Å². The van der Waals surface area contributed by atoms with Crippen molar-refractivity contribution < 1.29 is 26.7 Å². The van der Waals surface area contributed by atoms with Crippen LogP contribution in [0.5, 0.6) is 0 Å². The highest BCUT2D eigenvalue weighted by Gasteiger charge is 2.81. The van der Waals surface area contributed by atoms with Gasteiger partial charge in [-0.15, -0.1) is 0 Å². The Bertz CT molecular complexity index is 1460. The quantitative estimate of drug-likeness (QED) is 0.529. The maximum atomic E-state index is 14.2. The smallest absolute Gasteiger partial charge is 0.346 e. The summed E-state index contributed by atoms with van der Waals surface area (Å²) in [5, 5.41) is 2.46. The molecule has 3 aliphatic rings. The van der Waals surface area contributed by atoms with Gasteiger partial charge < -0.3 is 10.3 Å². The minimum absolute atomic E-state index is 0.0221. The molecular formula is C22H18F5N5O3. The first-order chi connectivity index (χ1) is 16.4. The van der Waals surface area contributed by atoms with Crippen LogP contribution in [0.3, 0.4) is 0 Å². The molecule has 3 heterocycles. The highest BCUT2D eigenvalue weighted by Crippen LogP contribution is 2.81. The van der Waals surface area contributed by atoms with Crippen molar-refractivity contribution in [3.05, 3.63) is 68.9 Å². The van der Waals surface area contributed by atoms with Crippen molar-refractivity contribution in [3.8, 4) is 0 Å². The summed E-state index contributed by atoms with van der Waals surface area (Å²) in [6, 6.07) is -0.831. The third-order valence-corrected chi connectivity index (χ3v) is 7.10. The molecule has 6 rings (SSSR count). The fourth-order valence-corrected chi connectivity index (χ4v) is 5.54. The van der Waals surface area contributed by atoms with E-state index in [0.717, 1.165) is 6.20 Å². The van der Waals surface area contributed by atoms with Crippen molar-refractivity contribution in [3.63, 3.8) is 0 Å². The first-order valence-electron chi connectivity index (χ1n) is 10.6. The van der Waals surface area contributed by atoms with Crippen LogP contribution in [-0.2, 0) is 4.79 Å². The number of hydrogen-bond acceptors (Lipinski definition) is 5. The second kappa shape index (κ2) is 7.43. The van der Waals surface area contributed by atoms with Crippen LogP contribution >= 0.6 is 0 Å². The Morgan fingerprint density at radius 1 is 1.20 bits per heavy atom. The minimum atomic E-state index is -4.49. The molecule has 0 spiro atoms. The maximum absolute atomic E-state index is 14.2. The van der Waals surface area contributed by atoms with Crippen LogP contribution in [0.15, 0.2) is 40.3 Å². The molecule has 8 nitrogen and oxygen atoms in total. The first-order valence-corrected chi connectivity index (χ1v) is 10.6. The van der Waals surface area contributed by atoms with Gasteiger partial charge in [-0.2, -0.15) is 13.2 Å². The summed E-state index contributed by atoms with van der Waals surface area (Å²) in [5.74, 6) is -2.92. The van der Waals surface area contributed by atoms with Crippen LogP contribution in [0.1, 0.15) is 44.0 Å². The Balaban J connectivity index is 1.56. The van der Waals surface area contributed by atoms with Gasteiger partial charge in [0.15, 0.2) is 0 Å². The maximum Gasteiger partial charge on any atom is 0.394 e. The van der Waals surface area contributed by atoms with Gasteiger partial charge in [-0.25, -0.2) is 18.1 Å². The van der Waals surface area contributed by atoms with Crippen LogP contribution in [0, 0.1) is 22.5 Å². The Morgan fingerprint density at radius 2 is 1.89 bits per heavy atom. The molecule has 2 atom stereocenters. The van der Waals surface area contributed by atoms with Gasteiger partial charge in [-0.1, -0.05) is 0 Å². The van der Waals surface area contributed by atoms with E-state index in [1.54, 1.807) is 0 Å². The molecule has 3 saturated carbocycles. The number of aromatic amines is 1. The Morgan fingerprint density at radius 3 is 2.51 bits per heavy atom. The molecule has 13 heteroatoms. The van der Waals surface area contributed by atoms with Gasteiger partial charge in [0.05, 0.1) is 40.4 Å². The number of pyridine rings is 2. The third-order valence-electron chi connectivity index (χ3n) is 7.10. The predicted molar refractivity (Wildman–Crippen MR) is 111 cm³/mol. The first kappa shape index (κ1) is 23.1. The summed E-state index contributed by atoms with van der Waals surface area (Å²) >= 11 is 0. The van der Waals surface area contributed by atoms with E-state index in [2.05, 4.69) is 20.3 Å². The van der Waals surface area contributed by atoms with Crippen LogP contribution in [0.25, 0.3) is 10.9 Å². The lowest BCUT2D eigenvalue weighted by Crippen LogP contribution is -2.73. The highest BCUT2D eigenvalue weighted by atomic mass is 19.4. The molecule has 35 heavy (non-hydrogen) atoms. The average Bonchev–Trinajstić information content (AvgIpc) is 2.69. The lowest BCUT2D eigenvalue weighted by Gasteiger charge is -2.72. The second-order valence-electron chi connectivity index (χ2n) is 9.35. The van der Waals surface area contributed by atoms with Gasteiger partial charge >= 0.3 is 11.9 Å². The van der Waals surface area contributed by atoms with E-state index < -0.39 is 77.1 Å². The fourth-order valence-electron chi connectivity index (χ4n) is 5.54. The van der Waals surface area contributed by atoms with Gasteiger partial charge in [0.25, 0.3) is 5.56 Å². The van der Waals surface area contributed by atoms with Crippen molar-refractivity contribution in [2.24, 2.45) is 10.8 Å². The van der Waals surface area contributed by atoms with E-state index in [1.807, 2.05) is 0 Å². The largest absolute Gasteiger partial charge is 0.394 e. The number of carbonyl (C=O) groups excluding carboxylic acids is 1. The van der Waals surface area contributed by atoms with E-state index in [-0.39, 0.29) is 16.6 Å². The van der Waals surface area contributed by atoms with Crippen molar-refractivity contribution in [1.82, 2.24) is 24.8 Å². The van der Waals surface area contributed by atoms with Crippen molar-refractivity contribution in [2.75, 3.05) is 0 Å². The Labute approximate surface area is 193 Å².